The largest absolute Gasteiger partial charge is 0.573 e. The molecule has 166 valence electrons. The maximum absolute atomic E-state index is 14.1. The third-order valence-corrected chi connectivity index (χ3v) is 3.82. The van der Waals surface area contributed by atoms with E-state index in [1.54, 1.807) is 0 Å². The van der Waals surface area contributed by atoms with Crippen LogP contribution in [-0.4, -0.2) is 31.8 Å². The highest BCUT2D eigenvalue weighted by atomic mass is 19.4. The number of rotatable bonds is 8. The van der Waals surface area contributed by atoms with Gasteiger partial charge in [-0.3, -0.25) is 4.79 Å². The summed E-state index contributed by atoms with van der Waals surface area (Å²) in [5.74, 6) is -3.36. The highest BCUT2D eigenvalue weighted by Gasteiger charge is 2.32. The number of methoxy groups -OCH3 is 1. The SMILES string of the molecule is C/C=C(\N=C(N=O)c1ccoc1)C(=O)N[C@H](COC)c1ccc(OC(F)(F)F)c(F)c1. The number of nitrogens with one attached hydrogen (secondary N) is 1. The summed E-state index contributed by atoms with van der Waals surface area (Å²) >= 11 is 0. The molecule has 0 saturated carbocycles. The first-order valence-corrected chi connectivity index (χ1v) is 8.64. The van der Waals surface area contributed by atoms with Gasteiger partial charge in [-0.2, -0.15) is 0 Å². The fraction of sp³-hybridized carbons (Fsp3) is 0.263. The molecule has 1 heterocycles. The summed E-state index contributed by atoms with van der Waals surface area (Å²) < 4.78 is 64.4. The third kappa shape index (κ3) is 6.74. The number of carbonyl (C=O) groups excluding carboxylic acids is 1. The summed E-state index contributed by atoms with van der Waals surface area (Å²) in [6.07, 6.45) is -1.24. The number of furan rings is 1. The van der Waals surface area contributed by atoms with Crippen LogP contribution in [0.5, 0.6) is 5.75 Å². The smallest absolute Gasteiger partial charge is 0.472 e. The van der Waals surface area contributed by atoms with Crippen molar-refractivity contribution >= 4 is 11.7 Å². The molecule has 0 unspecified atom stereocenters. The molecular formula is C19H17F4N3O5. The van der Waals surface area contributed by atoms with Gasteiger partial charge in [0.05, 0.1) is 24.5 Å². The van der Waals surface area contributed by atoms with E-state index < -0.39 is 29.9 Å². The Morgan fingerprint density at radius 1 is 1.32 bits per heavy atom. The second-order valence-electron chi connectivity index (χ2n) is 5.93. The zero-order valence-corrected chi connectivity index (χ0v) is 16.3. The second-order valence-corrected chi connectivity index (χ2v) is 5.93. The normalized spacial score (nSPS) is 13.6. The number of amidine groups is 1. The number of allylic oxidation sites excluding steroid dienone is 1. The third-order valence-electron chi connectivity index (χ3n) is 3.82. The fourth-order valence-corrected chi connectivity index (χ4v) is 2.45. The lowest BCUT2D eigenvalue weighted by molar-refractivity contribution is -0.275. The minimum absolute atomic E-state index is 0.116. The molecule has 0 fully saturated rings. The molecule has 0 bridgehead atoms. The predicted molar refractivity (Wildman–Crippen MR) is 101 cm³/mol. The number of ether oxygens (including phenoxy) is 2. The Kier molecular flexibility index (Phi) is 8.02. The van der Waals surface area contributed by atoms with E-state index >= 15 is 0 Å². The summed E-state index contributed by atoms with van der Waals surface area (Å²) in [5.41, 5.74) is 0.178. The van der Waals surface area contributed by atoms with Gasteiger partial charge in [-0.1, -0.05) is 12.1 Å². The van der Waals surface area contributed by atoms with Crippen LogP contribution in [0.2, 0.25) is 0 Å². The zero-order valence-electron chi connectivity index (χ0n) is 16.3. The molecule has 31 heavy (non-hydrogen) atoms. The Morgan fingerprint density at radius 2 is 2.06 bits per heavy atom. The van der Waals surface area contributed by atoms with E-state index in [2.05, 4.69) is 20.2 Å². The lowest BCUT2D eigenvalue weighted by Crippen LogP contribution is -2.32. The van der Waals surface area contributed by atoms with Gasteiger partial charge in [0.15, 0.2) is 11.6 Å². The molecular weight excluding hydrogens is 426 g/mol. The summed E-state index contributed by atoms with van der Waals surface area (Å²) in [6.45, 7) is 1.36. The number of aliphatic imine (C=N–C) groups is 1. The first-order valence-electron chi connectivity index (χ1n) is 8.64. The van der Waals surface area contributed by atoms with E-state index in [1.165, 1.54) is 38.7 Å². The van der Waals surface area contributed by atoms with Crippen molar-refractivity contribution in [2.75, 3.05) is 13.7 Å². The maximum Gasteiger partial charge on any atom is 0.573 e. The van der Waals surface area contributed by atoms with Crippen molar-refractivity contribution in [2.24, 2.45) is 10.2 Å². The lowest BCUT2D eigenvalue weighted by atomic mass is 10.1. The van der Waals surface area contributed by atoms with Crippen LogP contribution >= 0.6 is 0 Å². The molecule has 0 saturated heterocycles. The van der Waals surface area contributed by atoms with E-state index in [1.807, 2.05) is 0 Å². The van der Waals surface area contributed by atoms with Gasteiger partial charge in [-0.25, -0.2) is 9.38 Å². The average Bonchev–Trinajstić information content (AvgIpc) is 3.23. The van der Waals surface area contributed by atoms with Crippen molar-refractivity contribution in [1.82, 2.24) is 5.32 Å². The fourth-order valence-electron chi connectivity index (χ4n) is 2.45. The molecule has 0 aliphatic rings. The van der Waals surface area contributed by atoms with Gasteiger partial charge in [0, 0.05) is 7.11 Å². The Bertz CT molecular complexity index is 971. The van der Waals surface area contributed by atoms with Crippen LogP contribution in [0.3, 0.4) is 0 Å². The molecule has 12 heteroatoms. The molecule has 0 aliphatic heterocycles. The van der Waals surface area contributed by atoms with Crippen molar-refractivity contribution < 1.29 is 36.2 Å². The number of amides is 1. The number of hydrogen-bond donors (Lipinski definition) is 1. The topological polar surface area (TPSA) is 102 Å². The Morgan fingerprint density at radius 3 is 2.58 bits per heavy atom. The van der Waals surface area contributed by atoms with Gasteiger partial charge in [0.1, 0.15) is 12.0 Å². The molecule has 1 amide bonds. The average molecular weight is 443 g/mol. The minimum Gasteiger partial charge on any atom is -0.472 e. The Hall–Kier alpha value is -3.54. The van der Waals surface area contributed by atoms with E-state index in [0.717, 1.165) is 18.2 Å². The second kappa shape index (κ2) is 10.5. The molecule has 0 radical (unpaired) electrons. The van der Waals surface area contributed by atoms with Crippen LogP contribution in [0.25, 0.3) is 0 Å². The highest BCUT2D eigenvalue weighted by molar-refractivity contribution is 6.03. The van der Waals surface area contributed by atoms with Crippen molar-refractivity contribution in [3.05, 3.63) is 70.4 Å². The first kappa shape index (κ1) is 23.7. The van der Waals surface area contributed by atoms with Gasteiger partial charge >= 0.3 is 6.36 Å². The van der Waals surface area contributed by atoms with Gasteiger partial charge in [0.25, 0.3) is 5.91 Å². The summed E-state index contributed by atoms with van der Waals surface area (Å²) in [6, 6.07) is 3.20. The number of halogens is 4. The maximum atomic E-state index is 14.1. The van der Waals surface area contributed by atoms with E-state index in [0.29, 0.717) is 0 Å². The number of carbonyl (C=O) groups is 1. The van der Waals surface area contributed by atoms with Crippen LogP contribution < -0.4 is 10.1 Å². The van der Waals surface area contributed by atoms with Gasteiger partial charge in [-0.05, 0) is 35.9 Å². The van der Waals surface area contributed by atoms with Crippen LogP contribution in [-0.2, 0) is 9.53 Å². The minimum atomic E-state index is -5.05. The molecule has 0 spiro atoms. The zero-order chi connectivity index (χ0) is 23.0. The predicted octanol–water partition coefficient (Wildman–Crippen LogP) is 4.24. The van der Waals surface area contributed by atoms with Crippen LogP contribution in [0.1, 0.15) is 24.1 Å². The van der Waals surface area contributed by atoms with Crippen molar-refractivity contribution in [1.29, 1.82) is 0 Å². The quantitative estimate of drug-likeness (QED) is 0.216. The molecule has 2 aromatic rings. The standard InChI is InChI=1S/C19H17F4N3O5/c1-3-14(24-17(26-28)12-6-7-30-9-12)18(27)25-15(10-29-2)11-4-5-16(13(20)8-11)31-19(21,22)23/h3-9,15H,10H2,1-2H3,(H,25,27)/b14-3-,24-17?/t15-/m1/s1. The first-order chi connectivity index (χ1) is 14.7. The van der Waals surface area contributed by atoms with Gasteiger partial charge in [-0.15, -0.1) is 18.1 Å². The van der Waals surface area contributed by atoms with Crippen LogP contribution in [0.15, 0.2) is 63.2 Å². The summed E-state index contributed by atoms with van der Waals surface area (Å²) in [7, 11) is 1.32. The van der Waals surface area contributed by atoms with Gasteiger partial charge in [0.2, 0.25) is 5.84 Å². The summed E-state index contributed by atoms with van der Waals surface area (Å²) in [4.78, 5) is 27.6. The molecule has 0 aliphatic carbocycles. The summed E-state index contributed by atoms with van der Waals surface area (Å²) in [5, 5.41) is 5.28. The molecule has 1 aromatic heterocycles. The van der Waals surface area contributed by atoms with Crippen molar-refractivity contribution in [3.63, 3.8) is 0 Å². The number of nitroso groups, excluding NO2 is 1. The van der Waals surface area contributed by atoms with Crippen molar-refractivity contribution in [3.8, 4) is 5.75 Å². The number of nitrogens with zero attached hydrogens (tertiary/aromatic N) is 2. The number of benzene rings is 1. The van der Waals surface area contributed by atoms with Crippen LogP contribution in [0.4, 0.5) is 17.6 Å². The lowest BCUT2D eigenvalue weighted by Gasteiger charge is -2.19. The molecule has 1 aromatic carbocycles. The van der Waals surface area contributed by atoms with E-state index in [4.69, 9.17) is 9.15 Å². The van der Waals surface area contributed by atoms with Crippen LogP contribution in [0, 0.1) is 10.7 Å². The highest BCUT2D eigenvalue weighted by Crippen LogP contribution is 2.28. The molecule has 1 N–H and O–H groups in total. The number of hydrogen-bond acceptors (Lipinski definition) is 6. The van der Waals surface area contributed by atoms with E-state index in [-0.39, 0.29) is 29.3 Å². The molecule has 1 atom stereocenters. The monoisotopic (exact) mass is 443 g/mol. The van der Waals surface area contributed by atoms with E-state index in [9.17, 15) is 27.3 Å². The molecule has 8 nitrogen and oxygen atoms in total. The number of alkyl halides is 3. The molecule has 2 rings (SSSR count). The Labute approximate surface area is 173 Å². The van der Waals surface area contributed by atoms with Gasteiger partial charge < -0.3 is 19.2 Å². The Balaban J connectivity index is 2.24. The van der Waals surface area contributed by atoms with Crippen molar-refractivity contribution in [2.45, 2.75) is 19.3 Å².